The van der Waals surface area contributed by atoms with Crippen LogP contribution in [0, 0.1) is 11.6 Å². The molecule has 0 amide bonds. The van der Waals surface area contributed by atoms with E-state index < -0.39 is 17.4 Å². The van der Waals surface area contributed by atoms with Gasteiger partial charge in [0.2, 0.25) is 0 Å². The minimum absolute atomic E-state index is 0.0789. The Kier molecular flexibility index (Phi) is 3.14. The monoisotopic (exact) mass is 306 g/mol. The van der Waals surface area contributed by atoms with Gasteiger partial charge in [0.05, 0.1) is 0 Å². The zero-order chi connectivity index (χ0) is 15.1. The SMILES string of the molecule is Nc1cc(F)c(F)cc1C(=O)c1c[nH]c2cc(Cl)ccc12. The van der Waals surface area contributed by atoms with Crippen LogP contribution in [-0.2, 0) is 0 Å². The molecule has 3 nitrogen and oxygen atoms in total. The average Bonchev–Trinajstić information content (AvgIpc) is 2.85. The van der Waals surface area contributed by atoms with Gasteiger partial charge in [-0.2, -0.15) is 0 Å². The first kappa shape index (κ1) is 13.6. The highest BCUT2D eigenvalue weighted by Gasteiger charge is 2.19. The van der Waals surface area contributed by atoms with E-state index in [0.717, 1.165) is 12.1 Å². The molecule has 0 atom stereocenters. The predicted octanol–water partition coefficient (Wildman–Crippen LogP) is 3.91. The Labute approximate surface area is 123 Å². The number of H-pyrrole nitrogens is 1. The number of aromatic nitrogens is 1. The van der Waals surface area contributed by atoms with Gasteiger partial charge in [-0.3, -0.25) is 4.79 Å². The van der Waals surface area contributed by atoms with E-state index >= 15 is 0 Å². The Morgan fingerprint density at radius 3 is 2.57 bits per heavy atom. The molecule has 0 saturated heterocycles. The van der Waals surface area contributed by atoms with Crippen molar-refractivity contribution in [2.45, 2.75) is 0 Å². The van der Waals surface area contributed by atoms with Crippen molar-refractivity contribution in [1.82, 2.24) is 4.98 Å². The summed E-state index contributed by atoms with van der Waals surface area (Å²) in [6, 6.07) is 6.60. The molecule has 0 aliphatic carbocycles. The minimum atomic E-state index is -1.12. The first-order valence-electron chi connectivity index (χ1n) is 6.03. The van der Waals surface area contributed by atoms with Gasteiger partial charge in [0.15, 0.2) is 17.4 Å². The lowest BCUT2D eigenvalue weighted by molar-refractivity contribution is 0.104. The lowest BCUT2D eigenvalue weighted by atomic mass is 10.0. The van der Waals surface area contributed by atoms with E-state index in [9.17, 15) is 13.6 Å². The summed E-state index contributed by atoms with van der Waals surface area (Å²) in [5, 5.41) is 1.16. The highest BCUT2D eigenvalue weighted by molar-refractivity contribution is 6.31. The number of aromatic amines is 1. The number of anilines is 1. The minimum Gasteiger partial charge on any atom is -0.398 e. The van der Waals surface area contributed by atoms with Crippen LogP contribution in [0.15, 0.2) is 36.5 Å². The number of carbonyl (C=O) groups is 1. The second-order valence-electron chi connectivity index (χ2n) is 4.57. The summed E-state index contributed by atoms with van der Waals surface area (Å²) in [5.74, 6) is -2.69. The molecule has 3 aromatic rings. The van der Waals surface area contributed by atoms with Crippen molar-refractivity contribution >= 4 is 34.0 Å². The van der Waals surface area contributed by atoms with Gasteiger partial charge in [-0.1, -0.05) is 17.7 Å². The highest BCUT2D eigenvalue weighted by Crippen LogP contribution is 2.26. The standard InChI is InChI=1S/C15H9ClF2N2O/c16-7-1-2-8-10(6-20-14(8)3-7)15(21)9-4-11(17)12(18)5-13(9)19/h1-6,20H,19H2. The molecule has 1 aromatic heterocycles. The summed E-state index contributed by atoms with van der Waals surface area (Å²) in [7, 11) is 0. The van der Waals surface area contributed by atoms with E-state index in [1.165, 1.54) is 6.20 Å². The Morgan fingerprint density at radius 2 is 1.81 bits per heavy atom. The second kappa shape index (κ2) is 4.86. The van der Waals surface area contributed by atoms with Crippen LogP contribution >= 0.6 is 11.6 Å². The van der Waals surface area contributed by atoms with Gasteiger partial charge in [-0.05, 0) is 18.2 Å². The largest absolute Gasteiger partial charge is 0.398 e. The van der Waals surface area contributed by atoms with E-state index in [1.54, 1.807) is 18.2 Å². The fraction of sp³-hybridized carbons (Fsp3) is 0. The van der Waals surface area contributed by atoms with Crippen LogP contribution in [0.25, 0.3) is 10.9 Å². The van der Waals surface area contributed by atoms with Crippen LogP contribution in [0.1, 0.15) is 15.9 Å². The van der Waals surface area contributed by atoms with Crippen LogP contribution < -0.4 is 5.73 Å². The van der Waals surface area contributed by atoms with Crippen molar-refractivity contribution in [2.75, 3.05) is 5.73 Å². The van der Waals surface area contributed by atoms with Gasteiger partial charge in [0.25, 0.3) is 0 Å². The molecule has 0 aliphatic heterocycles. The number of hydrogen-bond donors (Lipinski definition) is 2. The van der Waals surface area contributed by atoms with Gasteiger partial charge in [0, 0.05) is 45.0 Å². The molecule has 2 aromatic carbocycles. The van der Waals surface area contributed by atoms with Gasteiger partial charge in [-0.15, -0.1) is 0 Å². The van der Waals surface area contributed by atoms with Crippen LogP contribution in [0.5, 0.6) is 0 Å². The number of halogens is 3. The number of hydrogen-bond acceptors (Lipinski definition) is 2. The summed E-state index contributed by atoms with van der Waals surface area (Å²) < 4.78 is 26.4. The van der Waals surface area contributed by atoms with Crippen molar-refractivity contribution in [3.63, 3.8) is 0 Å². The lowest BCUT2D eigenvalue weighted by Gasteiger charge is -2.05. The molecular formula is C15H9ClF2N2O. The van der Waals surface area contributed by atoms with Crippen molar-refractivity contribution < 1.29 is 13.6 Å². The molecule has 3 N–H and O–H groups in total. The molecule has 0 saturated carbocycles. The number of rotatable bonds is 2. The molecule has 106 valence electrons. The van der Waals surface area contributed by atoms with Crippen LogP contribution in [0.4, 0.5) is 14.5 Å². The third-order valence-electron chi connectivity index (χ3n) is 3.23. The van der Waals surface area contributed by atoms with Crippen molar-refractivity contribution in [3.05, 3.63) is 64.3 Å². The zero-order valence-corrected chi connectivity index (χ0v) is 11.3. The molecule has 0 aliphatic rings. The first-order chi connectivity index (χ1) is 9.97. The molecule has 21 heavy (non-hydrogen) atoms. The van der Waals surface area contributed by atoms with E-state index in [0.29, 0.717) is 21.5 Å². The normalized spacial score (nSPS) is 11.0. The molecule has 0 bridgehead atoms. The fourth-order valence-electron chi connectivity index (χ4n) is 2.19. The second-order valence-corrected chi connectivity index (χ2v) is 5.01. The molecule has 0 fully saturated rings. The summed E-state index contributed by atoms with van der Waals surface area (Å²) in [6.07, 6.45) is 1.49. The van der Waals surface area contributed by atoms with Crippen molar-refractivity contribution in [2.24, 2.45) is 0 Å². The van der Waals surface area contributed by atoms with Crippen LogP contribution in [0.3, 0.4) is 0 Å². The lowest BCUT2D eigenvalue weighted by Crippen LogP contribution is -2.06. The summed E-state index contributed by atoms with van der Waals surface area (Å²) in [5.41, 5.74) is 6.41. The Balaban J connectivity index is 2.15. The third kappa shape index (κ3) is 2.25. The molecule has 6 heteroatoms. The third-order valence-corrected chi connectivity index (χ3v) is 3.46. The quantitative estimate of drug-likeness (QED) is 0.557. The summed E-state index contributed by atoms with van der Waals surface area (Å²) in [6.45, 7) is 0. The topological polar surface area (TPSA) is 58.9 Å². The Hall–Kier alpha value is -2.40. The molecule has 1 heterocycles. The van der Waals surface area contributed by atoms with Crippen molar-refractivity contribution in [3.8, 4) is 0 Å². The first-order valence-corrected chi connectivity index (χ1v) is 6.41. The fourth-order valence-corrected chi connectivity index (χ4v) is 2.36. The Bertz CT molecular complexity index is 873. The highest BCUT2D eigenvalue weighted by atomic mass is 35.5. The number of nitrogens with one attached hydrogen (secondary N) is 1. The van der Waals surface area contributed by atoms with E-state index in [-0.39, 0.29) is 11.3 Å². The van der Waals surface area contributed by atoms with Gasteiger partial charge >= 0.3 is 0 Å². The van der Waals surface area contributed by atoms with Gasteiger partial charge < -0.3 is 10.7 Å². The average molecular weight is 307 g/mol. The van der Waals surface area contributed by atoms with Gasteiger partial charge in [-0.25, -0.2) is 8.78 Å². The molecule has 0 spiro atoms. The van der Waals surface area contributed by atoms with Gasteiger partial charge in [0.1, 0.15) is 0 Å². The predicted molar refractivity (Wildman–Crippen MR) is 77.5 cm³/mol. The number of carbonyl (C=O) groups excluding carboxylic acids is 1. The van der Waals surface area contributed by atoms with Crippen LogP contribution in [0.2, 0.25) is 5.02 Å². The maximum absolute atomic E-state index is 13.3. The number of nitrogens with two attached hydrogens (primary N) is 1. The molecule has 0 unspecified atom stereocenters. The zero-order valence-electron chi connectivity index (χ0n) is 10.6. The van der Waals surface area contributed by atoms with E-state index in [2.05, 4.69) is 4.98 Å². The van der Waals surface area contributed by atoms with Crippen molar-refractivity contribution in [1.29, 1.82) is 0 Å². The number of fused-ring (bicyclic) bond motifs is 1. The Morgan fingerprint density at radius 1 is 1.10 bits per heavy atom. The summed E-state index contributed by atoms with van der Waals surface area (Å²) in [4.78, 5) is 15.4. The smallest absolute Gasteiger partial charge is 0.197 e. The van der Waals surface area contributed by atoms with E-state index in [4.69, 9.17) is 17.3 Å². The molecule has 3 rings (SSSR count). The number of nitrogen functional groups attached to an aromatic ring is 1. The maximum atomic E-state index is 13.3. The number of ketones is 1. The molecular weight excluding hydrogens is 298 g/mol. The summed E-state index contributed by atoms with van der Waals surface area (Å²) >= 11 is 5.87. The van der Waals surface area contributed by atoms with Crippen LogP contribution in [-0.4, -0.2) is 10.8 Å². The number of benzene rings is 2. The maximum Gasteiger partial charge on any atom is 0.197 e. The van der Waals surface area contributed by atoms with E-state index in [1.807, 2.05) is 0 Å². The molecule has 0 radical (unpaired) electrons.